The predicted octanol–water partition coefficient (Wildman–Crippen LogP) is 4.28. The first-order chi connectivity index (χ1) is 13.4. The van der Waals surface area contributed by atoms with Crippen LogP contribution < -0.4 is 9.46 Å². The van der Waals surface area contributed by atoms with Crippen LogP contribution in [0.4, 0.5) is 5.69 Å². The molecular formula is C20H20ClN3O3S. The molecule has 0 saturated heterocycles. The summed E-state index contributed by atoms with van der Waals surface area (Å²) < 4.78 is 30.8. The number of hydrogen-bond acceptors (Lipinski definition) is 4. The zero-order valence-electron chi connectivity index (χ0n) is 15.3. The van der Waals surface area contributed by atoms with Gasteiger partial charge in [0.2, 0.25) is 10.0 Å². The van der Waals surface area contributed by atoms with Gasteiger partial charge in [-0.25, -0.2) is 8.42 Å². The average molecular weight is 418 g/mol. The van der Waals surface area contributed by atoms with Crippen molar-refractivity contribution < 1.29 is 13.2 Å². The van der Waals surface area contributed by atoms with Crippen LogP contribution in [0.2, 0.25) is 0 Å². The van der Waals surface area contributed by atoms with E-state index in [9.17, 15) is 8.42 Å². The van der Waals surface area contributed by atoms with Crippen molar-refractivity contribution in [1.29, 1.82) is 5.26 Å². The monoisotopic (exact) mass is 417 g/mol. The molecule has 0 unspecified atom stereocenters. The second-order valence-corrected chi connectivity index (χ2v) is 8.46. The Kier molecular flexibility index (Phi) is 6.12. The number of alkyl halides is 1. The molecule has 0 spiro atoms. The van der Waals surface area contributed by atoms with Gasteiger partial charge in [-0.15, -0.1) is 11.6 Å². The minimum atomic E-state index is -3.33. The first-order valence-electron chi connectivity index (χ1n) is 8.70. The molecule has 0 amide bonds. The van der Waals surface area contributed by atoms with Gasteiger partial charge < -0.3 is 9.72 Å². The third-order valence-corrected chi connectivity index (χ3v) is 4.95. The van der Waals surface area contributed by atoms with Crippen molar-refractivity contribution in [2.75, 3.05) is 23.5 Å². The van der Waals surface area contributed by atoms with Crippen LogP contribution in [0.1, 0.15) is 12.0 Å². The van der Waals surface area contributed by atoms with E-state index in [0.29, 0.717) is 31.0 Å². The molecule has 0 saturated carbocycles. The molecule has 6 nitrogen and oxygen atoms in total. The van der Waals surface area contributed by atoms with E-state index in [1.165, 1.54) is 0 Å². The molecule has 0 aliphatic heterocycles. The number of sulfonamides is 1. The first kappa shape index (κ1) is 20.1. The van der Waals surface area contributed by atoms with Crippen molar-refractivity contribution in [1.82, 2.24) is 4.98 Å². The van der Waals surface area contributed by atoms with Gasteiger partial charge in [-0.1, -0.05) is 12.1 Å². The summed E-state index contributed by atoms with van der Waals surface area (Å²) in [5.41, 5.74) is 4.27. The lowest BCUT2D eigenvalue weighted by Crippen LogP contribution is -2.09. The molecule has 8 heteroatoms. The molecule has 3 aromatic rings. The number of anilines is 1. The lowest BCUT2D eigenvalue weighted by molar-refractivity contribution is 0.343. The molecule has 3 rings (SSSR count). The van der Waals surface area contributed by atoms with Gasteiger partial charge in [0, 0.05) is 34.8 Å². The van der Waals surface area contributed by atoms with E-state index in [1.54, 1.807) is 12.1 Å². The van der Waals surface area contributed by atoms with Crippen molar-refractivity contribution in [2.45, 2.75) is 12.8 Å². The number of aromatic nitrogens is 1. The lowest BCUT2D eigenvalue weighted by atomic mass is 10.0. The molecular weight excluding hydrogens is 398 g/mol. The zero-order chi connectivity index (χ0) is 20.1. The molecule has 0 radical (unpaired) electrons. The van der Waals surface area contributed by atoms with Crippen LogP contribution in [0.3, 0.4) is 0 Å². The van der Waals surface area contributed by atoms with Crippen molar-refractivity contribution >= 4 is 38.2 Å². The first-order valence-corrected chi connectivity index (χ1v) is 11.1. The molecule has 1 heterocycles. The Morgan fingerprint density at radius 2 is 1.96 bits per heavy atom. The summed E-state index contributed by atoms with van der Waals surface area (Å²) in [6.45, 7) is 0.427. The van der Waals surface area contributed by atoms with E-state index in [1.807, 2.05) is 30.3 Å². The summed E-state index contributed by atoms with van der Waals surface area (Å²) in [4.78, 5) is 3.41. The van der Waals surface area contributed by atoms with Crippen LogP contribution in [-0.4, -0.2) is 32.1 Å². The number of nitriles is 1. The van der Waals surface area contributed by atoms with Crippen LogP contribution >= 0.6 is 11.6 Å². The van der Waals surface area contributed by atoms with Crippen molar-refractivity contribution in [3.05, 3.63) is 48.0 Å². The Hall–Kier alpha value is -2.69. The van der Waals surface area contributed by atoms with Gasteiger partial charge in [-0.05, 0) is 41.8 Å². The normalized spacial score (nSPS) is 11.3. The van der Waals surface area contributed by atoms with Gasteiger partial charge in [-0.3, -0.25) is 4.72 Å². The number of benzene rings is 2. The second kappa shape index (κ2) is 8.55. The van der Waals surface area contributed by atoms with Crippen LogP contribution in [0.15, 0.2) is 42.5 Å². The fourth-order valence-electron chi connectivity index (χ4n) is 3.09. The van der Waals surface area contributed by atoms with Crippen molar-refractivity contribution in [3.8, 4) is 23.1 Å². The minimum absolute atomic E-state index is 0.401. The number of hydrogen-bond donors (Lipinski definition) is 2. The van der Waals surface area contributed by atoms with Crippen molar-refractivity contribution in [2.24, 2.45) is 0 Å². The number of halogens is 1. The van der Waals surface area contributed by atoms with E-state index >= 15 is 0 Å². The summed E-state index contributed by atoms with van der Waals surface area (Å²) in [6, 6.07) is 15.1. The van der Waals surface area contributed by atoms with E-state index in [2.05, 4.69) is 15.8 Å². The van der Waals surface area contributed by atoms with Gasteiger partial charge in [-0.2, -0.15) is 5.26 Å². The fraction of sp³-hybridized carbons (Fsp3) is 0.250. The SMILES string of the molecule is CS(=O)(=O)Nc1ccc(-c2[nH]c3cc(OCCCl)ccc3c2CCC#N)cc1. The fourth-order valence-corrected chi connectivity index (χ4v) is 3.73. The number of nitrogens with zero attached hydrogens (tertiary/aromatic N) is 1. The summed E-state index contributed by atoms with van der Waals surface area (Å²) in [5, 5.41) is 10.1. The molecule has 28 heavy (non-hydrogen) atoms. The zero-order valence-corrected chi connectivity index (χ0v) is 16.9. The number of fused-ring (bicyclic) bond motifs is 1. The van der Waals surface area contributed by atoms with Crippen LogP contribution in [0.5, 0.6) is 5.75 Å². The minimum Gasteiger partial charge on any atom is -0.492 e. The number of rotatable bonds is 8. The molecule has 2 N–H and O–H groups in total. The van der Waals surface area contributed by atoms with E-state index < -0.39 is 10.0 Å². The summed E-state index contributed by atoms with van der Waals surface area (Å²) in [7, 11) is -3.33. The highest BCUT2D eigenvalue weighted by atomic mass is 35.5. The third kappa shape index (κ3) is 4.77. The largest absolute Gasteiger partial charge is 0.492 e. The molecule has 0 bridgehead atoms. The smallest absolute Gasteiger partial charge is 0.229 e. The van der Waals surface area contributed by atoms with Gasteiger partial charge >= 0.3 is 0 Å². The molecule has 146 valence electrons. The molecule has 0 aliphatic rings. The van der Waals surface area contributed by atoms with Crippen LogP contribution in [0, 0.1) is 11.3 Å². The van der Waals surface area contributed by atoms with Gasteiger partial charge in [0.1, 0.15) is 12.4 Å². The number of ether oxygens (including phenoxy) is 1. The number of aryl methyl sites for hydroxylation is 1. The van der Waals surface area contributed by atoms with E-state index in [0.717, 1.165) is 39.7 Å². The standard InChI is InChI=1S/C20H20ClN3O3S/c1-28(25,26)24-15-6-4-14(5-7-15)20-18(3-2-11-22)17-9-8-16(27-12-10-21)13-19(17)23-20/h4-9,13,23-24H,2-3,10,12H2,1H3. The highest BCUT2D eigenvalue weighted by Gasteiger charge is 2.14. The van der Waals surface area contributed by atoms with Gasteiger partial charge in [0.25, 0.3) is 0 Å². The Balaban J connectivity index is 2.01. The lowest BCUT2D eigenvalue weighted by Gasteiger charge is -2.07. The van der Waals surface area contributed by atoms with Gasteiger partial charge in [0.05, 0.1) is 18.2 Å². The predicted molar refractivity (Wildman–Crippen MR) is 112 cm³/mol. The topological polar surface area (TPSA) is 95.0 Å². The highest BCUT2D eigenvalue weighted by Crippen LogP contribution is 2.33. The maximum absolute atomic E-state index is 11.4. The summed E-state index contributed by atoms with van der Waals surface area (Å²) >= 11 is 5.68. The summed E-state index contributed by atoms with van der Waals surface area (Å²) in [6.07, 6.45) is 2.12. The number of aromatic amines is 1. The maximum atomic E-state index is 11.4. The van der Waals surface area contributed by atoms with E-state index in [4.69, 9.17) is 21.6 Å². The van der Waals surface area contributed by atoms with Gasteiger partial charge in [0.15, 0.2) is 0 Å². The molecule has 0 atom stereocenters. The van der Waals surface area contributed by atoms with Crippen molar-refractivity contribution in [3.63, 3.8) is 0 Å². The average Bonchev–Trinajstić information content (AvgIpc) is 3.01. The highest BCUT2D eigenvalue weighted by molar-refractivity contribution is 7.92. The molecule has 0 aliphatic carbocycles. The number of nitrogens with one attached hydrogen (secondary N) is 2. The van der Waals surface area contributed by atoms with Crippen LogP contribution in [-0.2, 0) is 16.4 Å². The molecule has 2 aromatic carbocycles. The van der Waals surface area contributed by atoms with E-state index in [-0.39, 0.29) is 0 Å². The summed E-state index contributed by atoms with van der Waals surface area (Å²) in [5.74, 6) is 1.13. The number of H-pyrrole nitrogens is 1. The molecule has 0 fully saturated rings. The Morgan fingerprint density at radius 3 is 2.61 bits per heavy atom. The second-order valence-electron chi connectivity index (χ2n) is 6.33. The Bertz CT molecular complexity index is 1120. The molecule has 1 aromatic heterocycles. The Morgan fingerprint density at radius 1 is 1.21 bits per heavy atom. The maximum Gasteiger partial charge on any atom is 0.229 e. The Labute approximate surface area is 169 Å². The quantitative estimate of drug-likeness (QED) is 0.535. The van der Waals surface area contributed by atoms with Crippen LogP contribution in [0.25, 0.3) is 22.2 Å². The third-order valence-electron chi connectivity index (χ3n) is 4.19.